The molecule has 0 radical (unpaired) electrons. The Morgan fingerprint density at radius 2 is 2.05 bits per heavy atom. The molecule has 0 saturated heterocycles. The number of rotatable bonds is 8. The van der Waals surface area contributed by atoms with E-state index in [-0.39, 0.29) is 0 Å². The zero-order valence-corrected chi connectivity index (χ0v) is 13.3. The number of unbranched alkanes of at least 4 members (excludes halogenated alkanes) is 2. The first-order valence-corrected chi connectivity index (χ1v) is 8.16. The summed E-state index contributed by atoms with van der Waals surface area (Å²) in [4.78, 5) is 0. The topological polar surface area (TPSA) is 24.1 Å². The second-order valence-corrected chi connectivity index (χ2v) is 6.95. The van der Waals surface area contributed by atoms with Gasteiger partial charge < -0.3 is 10.6 Å². The summed E-state index contributed by atoms with van der Waals surface area (Å²) < 4.78 is 0. The SMILES string of the molecule is CCCCCC(C)(C)CNCC1Cc2ccccc2N1. The number of benzene rings is 1. The third-order valence-electron chi connectivity index (χ3n) is 4.29. The normalized spacial score (nSPS) is 17.9. The molecule has 0 saturated carbocycles. The van der Waals surface area contributed by atoms with Gasteiger partial charge in [-0.1, -0.05) is 58.2 Å². The highest BCUT2D eigenvalue weighted by Gasteiger charge is 2.21. The molecule has 1 atom stereocenters. The van der Waals surface area contributed by atoms with Crippen molar-refractivity contribution < 1.29 is 0 Å². The summed E-state index contributed by atoms with van der Waals surface area (Å²) in [5.41, 5.74) is 3.20. The summed E-state index contributed by atoms with van der Waals surface area (Å²) in [5, 5.41) is 7.28. The van der Waals surface area contributed by atoms with Gasteiger partial charge in [-0.3, -0.25) is 0 Å². The van der Waals surface area contributed by atoms with Gasteiger partial charge in [0, 0.05) is 24.8 Å². The van der Waals surface area contributed by atoms with Crippen LogP contribution >= 0.6 is 0 Å². The predicted molar refractivity (Wildman–Crippen MR) is 88.3 cm³/mol. The number of nitrogens with one attached hydrogen (secondary N) is 2. The molecule has 2 N–H and O–H groups in total. The molecule has 112 valence electrons. The minimum absolute atomic E-state index is 0.417. The Balaban J connectivity index is 1.67. The van der Waals surface area contributed by atoms with E-state index in [9.17, 15) is 0 Å². The van der Waals surface area contributed by atoms with E-state index >= 15 is 0 Å². The maximum atomic E-state index is 3.67. The molecular weight excluding hydrogens is 244 g/mol. The molecule has 0 aromatic heterocycles. The van der Waals surface area contributed by atoms with Crippen molar-refractivity contribution in [2.45, 2.75) is 58.9 Å². The zero-order chi connectivity index (χ0) is 14.4. The molecule has 1 aromatic carbocycles. The molecule has 1 aromatic rings. The third kappa shape index (κ3) is 4.52. The second kappa shape index (κ2) is 7.12. The Bertz CT molecular complexity index is 387. The van der Waals surface area contributed by atoms with Gasteiger partial charge in [0.1, 0.15) is 0 Å². The number of anilines is 1. The molecule has 1 aliphatic heterocycles. The molecule has 2 rings (SSSR count). The van der Waals surface area contributed by atoms with Gasteiger partial charge in [0.05, 0.1) is 0 Å². The second-order valence-electron chi connectivity index (χ2n) is 6.95. The molecule has 20 heavy (non-hydrogen) atoms. The van der Waals surface area contributed by atoms with E-state index in [1.807, 2.05) is 0 Å². The van der Waals surface area contributed by atoms with Crippen molar-refractivity contribution >= 4 is 5.69 Å². The lowest BCUT2D eigenvalue weighted by Crippen LogP contribution is -2.37. The highest BCUT2D eigenvalue weighted by atomic mass is 15.0. The largest absolute Gasteiger partial charge is 0.380 e. The number of para-hydroxylation sites is 1. The van der Waals surface area contributed by atoms with E-state index in [1.54, 1.807) is 0 Å². The van der Waals surface area contributed by atoms with Gasteiger partial charge in [-0.15, -0.1) is 0 Å². The first-order valence-electron chi connectivity index (χ1n) is 8.16. The van der Waals surface area contributed by atoms with Gasteiger partial charge in [-0.05, 0) is 29.9 Å². The van der Waals surface area contributed by atoms with Crippen molar-refractivity contribution in [1.29, 1.82) is 0 Å². The zero-order valence-electron chi connectivity index (χ0n) is 13.3. The van der Waals surface area contributed by atoms with Crippen molar-refractivity contribution in [3.05, 3.63) is 29.8 Å². The molecule has 0 aliphatic carbocycles. The molecule has 2 heteroatoms. The lowest BCUT2D eigenvalue weighted by molar-refractivity contribution is 0.301. The van der Waals surface area contributed by atoms with E-state index in [0.29, 0.717) is 11.5 Å². The monoisotopic (exact) mass is 274 g/mol. The van der Waals surface area contributed by atoms with Crippen molar-refractivity contribution in [2.24, 2.45) is 5.41 Å². The van der Waals surface area contributed by atoms with Gasteiger partial charge in [-0.25, -0.2) is 0 Å². The molecule has 0 spiro atoms. The molecule has 0 fully saturated rings. The Labute approximate surface area is 124 Å². The van der Waals surface area contributed by atoms with Crippen molar-refractivity contribution in [2.75, 3.05) is 18.4 Å². The Hall–Kier alpha value is -1.02. The molecule has 1 unspecified atom stereocenters. The Kier molecular flexibility index (Phi) is 5.47. The van der Waals surface area contributed by atoms with Crippen molar-refractivity contribution in [3.8, 4) is 0 Å². The van der Waals surface area contributed by atoms with Gasteiger partial charge in [-0.2, -0.15) is 0 Å². The van der Waals surface area contributed by atoms with E-state index in [2.05, 4.69) is 55.7 Å². The summed E-state index contributed by atoms with van der Waals surface area (Å²) in [7, 11) is 0. The minimum Gasteiger partial charge on any atom is -0.380 e. The summed E-state index contributed by atoms with van der Waals surface area (Å²) in [6.07, 6.45) is 6.51. The van der Waals surface area contributed by atoms with Crippen molar-refractivity contribution in [1.82, 2.24) is 5.32 Å². The standard InChI is InChI=1S/C18H30N2/c1-4-5-8-11-18(2,3)14-19-13-16-12-15-9-6-7-10-17(15)20-16/h6-7,9-10,16,19-20H,4-5,8,11-14H2,1-3H3. The quantitative estimate of drug-likeness (QED) is 0.694. The smallest absolute Gasteiger partial charge is 0.0427 e. The van der Waals surface area contributed by atoms with Crippen LogP contribution in [-0.2, 0) is 6.42 Å². The molecule has 0 amide bonds. The fourth-order valence-electron chi connectivity index (χ4n) is 3.03. The number of fused-ring (bicyclic) bond motifs is 1. The van der Waals surface area contributed by atoms with Crippen molar-refractivity contribution in [3.63, 3.8) is 0 Å². The summed E-state index contributed by atoms with van der Waals surface area (Å²) in [6.45, 7) is 9.21. The molecule has 1 heterocycles. The van der Waals surface area contributed by atoms with E-state index < -0.39 is 0 Å². The summed E-state index contributed by atoms with van der Waals surface area (Å²) in [5.74, 6) is 0. The van der Waals surface area contributed by atoms with Crippen LogP contribution in [0.5, 0.6) is 0 Å². The van der Waals surface area contributed by atoms with Crippen LogP contribution in [0.4, 0.5) is 5.69 Å². The van der Waals surface area contributed by atoms with Crippen LogP contribution in [0.2, 0.25) is 0 Å². The summed E-state index contributed by atoms with van der Waals surface area (Å²) in [6, 6.07) is 9.21. The molecule has 0 bridgehead atoms. The fourth-order valence-corrected chi connectivity index (χ4v) is 3.03. The Morgan fingerprint density at radius 3 is 2.80 bits per heavy atom. The van der Waals surface area contributed by atoms with E-state index in [4.69, 9.17) is 0 Å². The average Bonchev–Trinajstić information content (AvgIpc) is 2.81. The minimum atomic E-state index is 0.417. The van der Waals surface area contributed by atoms with Gasteiger partial charge in [0.15, 0.2) is 0 Å². The van der Waals surface area contributed by atoms with Crippen LogP contribution in [0.25, 0.3) is 0 Å². The lowest BCUT2D eigenvalue weighted by Gasteiger charge is -2.26. The van der Waals surface area contributed by atoms with Crippen LogP contribution in [0.15, 0.2) is 24.3 Å². The van der Waals surface area contributed by atoms with Gasteiger partial charge in [0.25, 0.3) is 0 Å². The average molecular weight is 274 g/mol. The van der Waals surface area contributed by atoms with Crippen LogP contribution < -0.4 is 10.6 Å². The maximum Gasteiger partial charge on any atom is 0.0427 e. The first-order chi connectivity index (χ1) is 9.61. The summed E-state index contributed by atoms with van der Waals surface area (Å²) >= 11 is 0. The third-order valence-corrected chi connectivity index (χ3v) is 4.29. The van der Waals surface area contributed by atoms with Crippen LogP contribution in [0.1, 0.15) is 52.0 Å². The van der Waals surface area contributed by atoms with Crippen LogP contribution in [0, 0.1) is 5.41 Å². The molecular formula is C18H30N2. The Morgan fingerprint density at radius 1 is 1.25 bits per heavy atom. The van der Waals surface area contributed by atoms with E-state index in [0.717, 1.165) is 19.5 Å². The van der Waals surface area contributed by atoms with Gasteiger partial charge >= 0.3 is 0 Å². The molecule has 1 aliphatic rings. The fraction of sp³-hybridized carbons (Fsp3) is 0.667. The van der Waals surface area contributed by atoms with E-state index in [1.165, 1.54) is 36.9 Å². The highest BCUT2D eigenvalue weighted by molar-refractivity contribution is 5.56. The maximum absolute atomic E-state index is 3.67. The first kappa shape index (κ1) is 15.4. The predicted octanol–water partition coefficient (Wildman–Crippen LogP) is 4.22. The van der Waals surface area contributed by atoms with Crippen LogP contribution in [-0.4, -0.2) is 19.1 Å². The van der Waals surface area contributed by atoms with Crippen LogP contribution in [0.3, 0.4) is 0 Å². The highest BCUT2D eigenvalue weighted by Crippen LogP contribution is 2.25. The number of hydrogen-bond donors (Lipinski definition) is 2. The lowest BCUT2D eigenvalue weighted by atomic mass is 9.87. The molecule has 2 nitrogen and oxygen atoms in total. The van der Waals surface area contributed by atoms with Gasteiger partial charge in [0.2, 0.25) is 0 Å². The number of hydrogen-bond acceptors (Lipinski definition) is 2.